The van der Waals surface area contributed by atoms with Crippen molar-refractivity contribution in [3.05, 3.63) is 58.9 Å². The van der Waals surface area contributed by atoms with Crippen LogP contribution in [0.3, 0.4) is 0 Å². The summed E-state index contributed by atoms with van der Waals surface area (Å²) in [6.07, 6.45) is 0. The minimum Gasteiger partial charge on any atom is -0.345 e. The molecule has 0 fully saturated rings. The molecule has 0 aliphatic rings. The molecule has 0 saturated carbocycles. The van der Waals surface area contributed by atoms with Crippen molar-refractivity contribution < 1.29 is 4.79 Å². The van der Waals surface area contributed by atoms with E-state index >= 15 is 0 Å². The third-order valence-electron chi connectivity index (χ3n) is 3.99. The summed E-state index contributed by atoms with van der Waals surface area (Å²) in [5, 5.41) is 8.27. The lowest BCUT2D eigenvalue weighted by Gasteiger charge is -2.15. The normalized spacial score (nSPS) is 12.3. The molecule has 0 aliphatic carbocycles. The number of nitrogens with one attached hydrogen (secondary N) is 1. The Labute approximate surface area is 135 Å². The zero-order valence-electron chi connectivity index (χ0n) is 13.8. The Morgan fingerprint density at radius 2 is 1.91 bits per heavy atom. The fraction of sp³-hybridized carbons (Fsp3) is 0.278. The molecule has 1 N–H and O–H groups in total. The van der Waals surface area contributed by atoms with Gasteiger partial charge in [-0.05, 0) is 32.4 Å². The minimum absolute atomic E-state index is 0.0656. The van der Waals surface area contributed by atoms with E-state index in [0.717, 1.165) is 28.0 Å². The number of aryl methyl sites for hydroxylation is 3. The molecule has 23 heavy (non-hydrogen) atoms. The van der Waals surface area contributed by atoms with Crippen molar-refractivity contribution in [3.63, 3.8) is 0 Å². The second-order valence-corrected chi connectivity index (χ2v) is 5.82. The molecule has 0 bridgehead atoms. The lowest BCUT2D eigenvalue weighted by Crippen LogP contribution is -2.27. The molecule has 5 heteroatoms. The van der Waals surface area contributed by atoms with Crippen molar-refractivity contribution >= 4 is 16.9 Å². The van der Waals surface area contributed by atoms with Crippen molar-refractivity contribution in [3.8, 4) is 0 Å². The maximum atomic E-state index is 12.8. The van der Waals surface area contributed by atoms with Gasteiger partial charge in [0, 0.05) is 12.7 Å². The molecular weight excluding hydrogens is 288 g/mol. The van der Waals surface area contributed by atoms with Gasteiger partial charge in [0.2, 0.25) is 0 Å². The van der Waals surface area contributed by atoms with Crippen molar-refractivity contribution in [2.45, 2.75) is 26.8 Å². The molecule has 3 rings (SSSR count). The monoisotopic (exact) mass is 308 g/mol. The molecule has 0 saturated heterocycles. The minimum atomic E-state index is -0.104. The maximum absolute atomic E-state index is 12.8. The number of carbonyl (C=O) groups is 1. The predicted molar refractivity (Wildman–Crippen MR) is 90.3 cm³/mol. The van der Waals surface area contributed by atoms with E-state index < -0.39 is 0 Å². The van der Waals surface area contributed by atoms with Gasteiger partial charge in [-0.15, -0.1) is 0 Å². The molecule has 1 unspecified atom stereocenters. The molecule has 2 aromatic heterocycles. The molecule has 0 aliphatic heterocycles. The van der Waals surface area contributed by atoms with Crippen molar-refractivity contribution in [1.29, 1.82) is 0 Å². The van der Waals surface area contributed by atoms with Gasteiger partial charge in [-0.1, -0.05) is 30.3 Å². The second kappa shape index (κ2) is 5.83. The van der Waals surface area contributed by atoms with Crippen LogP contribution in [0.1, 0.15) is 40.3 Å². The van der Waals surface area contributed by atoms with Gasteiger partial charge in [-0.3, -0.25) is 9.48 Å². The van der Waals surface area contributed by atoms with E-state index in [1.807, 2.05) is 64.2 Å². The fourth-order valence-corrected chi connectivity index (χ4v) is 2.85. The van der Waals surface area contributed by atoms with E-state index in [2.05, 4.69) is 15.4 Å². The zero-order valence-corrected chi connectivity index (χ0v) is 13.8. The van der Waals surface area contributed by atoms with Crippen LogP contribution in [-0.2, 0) is 7.05 Å². The number of carbonyl (C=O) groups excluding carboxylic acids is 1. The Balaban J connectivity index is 1.98. The summed E-state index contributed by atoms with van der Waals surface area (Å²) in [6.45, 7) is 5.77. The molecule has 0 spiro atoms. The van der Waals surface area contributed by atoms with Gasteiger partial charge >= 0.3 is 0 Å². The summed E-state index contributed by atoms with van der Waals surface area (Å²) in [7, 11) is 1.84. The first-order valence-corrected chi connectivity index (χ1v) is 7.64. The van der Waals surface area contributed by atoms with E-state index in [0.29, 0.717) is 5.56 Å². The quantitative estimate of drug-likeness (QED) is 0.809. The summed E-state index contributed by atoms with van der Waals surface area (Å²) in [5.41, 5.74) is 4.05. The number of pyridine rings is 1. The molecular formula is C18H20N4O. The van der Waals surface area contributed by atoms with Crippen LogP contribution >= 0.6 is 0 Å². The van der Waals surface area contributed by atoms with Crippen LogP contribution in [-0.4, -0.2) is 20.7 Å². The summed E-state index contributed by atoms with van der Waals surface area (Å²) in [5.74, 6) is -0.104. The lowest BCUT2D eigenvalue weighted by atomic mass is 10.1. The number of amides is 1. The lowest BCUT2D eigenvalue weighted by molar-refractivity contribution is 0.0941. The van der Waals surface area contributed by atoms with Gasteiger partial charge in [0.15, 0.2) is 5.65 Å². The summed E-state index contributed by atoms with van der Waals surface area (Å²) < 4.78 is 1.72. The van der Waals surface area contributed by atoms with Crippen LogP contribution in [0.4, 0.5) is 0 Å². The largest absolute Gasteiger partial charge is 0.345 e. The van der Waals surface area contributed by atoms with E-state index in [9.17, 15) is 4.79 Å². The Morgan fingerprint density at radius 1 is 1.22 bits per heavy atom. The molecule has 1 aromatic carbocycles. The van der Waals surface area contributed by atoms with E-state index in [1.54, 1.807) is 4.68 Å². The van der Waals surface area contributed by atoms with E-state index in [-0.39, 0.29) is 11.9 Å². The predicted octanol–water partition coefficient (Wildman–Crippen LogP) is 3.08. The highest BCUT2D eigenvalue weighted by Gasteiger charge is 2.19. The van der Waals surface area contributed by atoms with E-state index in [4.69, 9.17) is 0 Å². The molecule has 3 aromatic rings. The maximum Gasteiger partial charge on any atom is 0.252 e. The van der Waals surface area contributed by atoms with Crippen LogP contribution in [0.5, 0.6) is 0 Å². The summed E-state index contributed by atoms with van der Waals surface area (Å²) in [4.78, 5) is 17.3. The molecule has 0 radical (unpaired) electrons. The Morgan fingerprint density at radius 3 is 2.61 bits per heavy atom. The van der Waals surface area contributed by atoms with Gasteiger partial charge in [-0.2, -0.15) is 5.10 Å². The number of nitrogens with zero attached hydrogens (tertiary/aromatic N) is 3. The Bertz CT molecular complexity index is 868. The third-order valence-corrected chi connectivity index (χ3v) is 3.99. The molecule has 2 heterocycles. The van der Waals surface area contributed by atoms with Crippen LogP contribution in [0.2, 0.25) is 0 Å². The second-order valence-electron chi connectivity index (χ2n) is 5.82. The number of fused-ring (bicyclic) bond motifs is 1. The standard InChI is InChI=1S/C18H20N4O/c1-11-10-15(16-13(3)21-22(4)17(16)19-11)18(23)20-12(2)14-8-6-5-7-9-14/h5-10,12H,1-4H3,(H,20,23). The first-order chi connectivity index (χ1) is 11.0. The summed E-state index contributed by atoms with van der Waals surface area (Å²) >= 11 is 0. The number of benzene rings is 1. The number of hydrogen-bond donors (Lipinski definition) is 1. The molecule has 118 valence electrons. The SMILES string of the molecule is Cc1cc(C(=O)NC(C)c2ccccc2)c2c(C)nn(C)c2n1. The zero-order chi connectivity index (χ0) is 16.6. The number of hydrogen-bond acceptors (Lipinski definition) is 3. The van der Waals surface area contributed by atoms with Crippen molar-refractivity contribution in [1.82, 2.24) is 20.1 Å². The highest BCUT2D eigenvalue weighted by Crippen LogP contribution is 2.22. The van der Waals surface area contributed by atoms with Crippen LogP contribution in [0.25, 0.3) is 11.0 Å². The average Bonchev–Trinajstić information content (AvgIpc) is 2.81. The Kier molecular flexibility index (Phi) is 3.86. The first-order valence-electron chi connectivity index (χ1n) is 7.64. The van der Waals surface area contributed by atoms with Gasteiger partial charge in [0.1, 0.15) is 0 Å². The summed E-state index contributed by atoms with van der Waals surface area (Å²) in [6, 6.07) is 11.7. The van der Waals surface area contributed by atoms with Gasteiger partial charge in [0.25, 0.3) is 5.91 Å². The average molecular weight is 308 g/mol. The molecule has 1 atom stereocenters. The fourth-order valence-electron chi connectivity index (χ4n) is 2.85. The van der Waals surface area contributed by atoms with Crippen LogP contribution in [0.15, 0.2) is 36.4 Å². The molecule has 5 nitrogen and oxygen atoms in total. The first kappa shape index (κ1) is 15.2. The highest BCUT2D eigenvalue weighted by atomic mass is 16.1. The highest BCUT2D eigenvalue weighted by molar-refractivity contribution is 6.06. The van der Waals surface area contributed by atoms with Crippen molar-refractivity contribution in [2.24, 2.45) is 7.05 Å². The number of aromatic nitrogens is 3. The molecule has 1 amide bonds. The van der Waals surface area contributed by atoms with Crippen LogP contribution in [0, 0.1) is 13.8 Å². The smallest absolute Gasteiger partial charge is 0.252 e. The van der Waals surface area contributed by atoms with Crippen molar-refractivity contribution in [2.75, 3.05) is 0 Å². The third kappa shape index (κ3) is 2.82. The topological polar surface area (TPSA) is 59.8 Å². The van der Waals surface area contributed by atoms with E-state index in [1.165, 1.54) is 0 Å². The van der Waals surface area contributed by atoms with Gasteiger partial charge in [0.05, 0.1) is 22.7 Å². The van der Waals surface area contributed by atoms with Gasteiger partial charge in [-0.25, -0.2) is 4.98 Å². The van der Waals surface area contributed by atoms with Gasteiger partial charge < -0.3 is 5.32 Å². The number of rotatable bonds is 3. The van der Waals surface area contributed by atoms with Crippen LogP contribution < -0.4 is 5.32 Å². The Hall–Kier alpha value is -2.69.